The highest BCUT2D eigenvalue weighted by molar-refractivity contribution is 6.34. The fraction of sp³-hybridized carbons (Fsp3) is 0.105. The van der Waals surface area contributed by atoms with Crippen LogP contribution < -0.4 is 15.7 Å². The summed E-state index contributed by atoms with van der Waals surface area (Å²) in [6.45, 7) is 1.44. The van der Waals surface area contributed by atoms with Gasteiger partial charge in [0.25, 0.3) is 11.5 Å². The summed E-state index contributed by atoms with van der Waals surface area (Å²) < 4.78 is 6.72. The summed E-state index contributed by atoms with van der Waals surface area (Å²) in [5, 5.41) is 7.58. The first-order chi connectivity index (χ1) is 13.5. The van der Waals surface area contributed by atoms with Crippen molar-refractivity contribution >= 4 is 35.3 Å². The molecule has 3 rings (SSSR count). The van der Waals surface area contributed by atoms with E-state index in [4.69, 9.17) is 27.9 Å². The number of carbonyl (C=O) groups is 1. The second kappa shape index (κ2) is 8.77. The molecule has 0 saturated heterocycles. The largest absolute Gasteiger partial charge is 0.482 e. The Balaban J connectivity index is 1.63. The number of hydrogen-bond donors (Lipinski definition) is 2. The zero-order chi connectivity index (χ0) is 20.1. The Labute approximate surface area is 170 Å². The summed E-state index contributed by atoms with van der Waals surface area (Å²) >= 11 is 11.8. The van der Waals surface area contributed by atoms with Crippen LogP contribution in [0.1, 0.15) is 11.3 Å². The number of aromatic amines is 1. The number of carbonyl (C=O) groups excluding carboxylic acids is 1. The molecule has 0 saturated carbocycles. The molecule has 0 atom stereocenters. The number of rotatable bonds is 6. The average Bonchev–Trinajstić information content (AvgIpc) is 2.97. The third kappa shape index (κ3) is 4.62. The zero-order valence-electron chi connectivity index (χ0n) is 14.8. The van der Waals surface area contributed by atoms with Crippen molar-refractivity contribution < 1.29 is 9.53 Å². The highest BCUT2D eigenvalue weighted by atomic mass is 35.5. The lowest BCUT2D eigenvalue weighted by molar-refractivity contribution is -0.123. The number of aryl methyl sites for hydroxylation is 1. The van der Waals surface area contributed by atoms with Crippen LogP contribution in [0.3, 0.4) is 0 Å². The number of halogens is 2. The maximum absolute atomic E-state index is 12.5. The highest BCUT2D eigenvalue weighted by Crippen LogP contribution is 2.27. The van der Waals surface area contributed by atoms with Gasteiger partial charge in [-0.1, -0.05) is 41.4 Å². The first kappa shape index (κ1) is 19.7. The number of para-hydroxylation sites is 1. The molecule has 144 valence electrons. The van der Waals surface area contributed by atoms with Crippen molar-refractivity contribution in [3.8, 4) is 11.4 Å². The molecule has 3 aromatic rings. The number of nitrogens with zero attached hydrogens (tertiary/aromatic N) is 2. The molecule has 0 spiro atoms. The van der Waals surface area contributed by atoms with Crippen molar-refractivity contribution in [3.05, 3.63) is 80.2 Å². The lowest BCUT2D eigenvalue weighted by Gasteiger charge is -2.07. The molecule has 0 aliphatic heterocycles. The molecule has 2 N–H and O–H groups in total. The number of H-pyrrole nitrogens is 1. The normalized spacial score (nSPS) is 11.0. The van der Waals surface area contributed by atoms with Gasteiger partial charge in [0.2, 0.25) is 0 Å². The molecule has 2 aromatic carbocycles. The molecule has 1 heterocycles. The molecule has 7 nitrogen and oxygen atoms in total. The topological polar surface area (TPSA) is 88.5 Å². The van der Waals surface area contributed by atoms with Crippen molar-refractivity contribution in [2.24, 2.45) is 5.10 Å². The minimum Gasteiger partial charge on any atom is -0.482 e. The van der Waals surface area contributed by atoms with Gasteiger partial charge in [-0.25, -0.2) is 10.1 Å². The Bertz CT molecular complexity index is 1070. The molecule has 0 fully saturated rings. The number of benzene rings is 2. The summed E-state index contributed by atoms with van der Waals surface area (Å²) in [4.78, 5) is 24.4. The van der Waals surface area contributed by atoms with E-state index in [1.54, 1.807) is 31.2 Å². The van der Waals surface area contributed by atoms with Gasteiger partial charge >= 0.3 is 0 Å². The summed E-state index contributed by atoms with van der Waals surface area (Å²) in [6.07, 6.45) is 1.29. The summed E-state index contributed by atoms with van der Waals surface area (Å²) in [5.74, 6) is -0.218. The van der Waals surface area contributed by atoms with Gasteiger partial charge in [-0.15, -0.1) is 0 Å². The van der Waals surface area contributed by atoms with Crippen molar-refractivity contribution in [3.63, 3.8) is 0 Å². The quantitative estimate of drug-likeness (QED) is 0.475. The molecule has 0 bridgehead atoms. The average molecular weight is 419 g/mol. The molecular formula is C19H16Cl2N4O3. The molecule has 1 aromatic heterocycles. The first-order valence-electron chi connectivity index (χ1n) is 8.22. The van der Waals surface area contributed by atoms with Gasteiger partial charge in [-0.05, 0) is 31.2 Å². The minimum atomic E-state index is -0.510. The van der Waals surface area contributed by atoms with Crippen molar-refractivity contribution in [2.75, 3.05) is 6.61 Å². The Morgan fingerprint density at radius 3 is 2.75 bits per heavy atom. The third-order valence-corrected chi connectivity index (χ3v) is 4.31. The van der Waals surface area contributed by atoms with Gasteiger partial charge in [0, 0.05) is 16.8 Å². The van der Waals surface area contributed by atoms with Crippen LogP contribution in [0.4, 0.5) is 0 Å². The van der Waals surface area contributed by atoms with Gasteiger partial charge in [-0.2, -0.15) is 5.10 Å². The molecule has 28 heavy (non-hydrogen) atoms. The van der Waals surface area contributed by atoms with E-state index in [0.717, 1.165) is 0 Å². The van der Waals surface area contributed by atoms with E-state index in [-0.39, 0.29) is 12.2 Å². The minimum absolute atomic E-state index is 0.274. The number of ether oxygens (including phenoxy) is 1. The van der Waals surface area contributed by atoms with Crippen molar-refractivity contribution in [1.29, 1.82) is 0 Å². The summed E-state index contributed by atoms with van der Waals surface area (Å²) in [7, 11) is 0. The Morgan fingerprint density at radius 2 is 2.00 bits per heavy atom. The van der Waals surface area contributed by atoms with E-state index >= 15 is 0 Å². The third-order valence-electron chi connectivity index (χ3n) is 3.77. The van der Waals surface area contributed by atoms with Crippen LogP contribution in [0.2, 0.25) is 10.0 Å². The second-order valence-electron chi connectivity index (χ2n) is 5.78. The molecular weight excluding hydrogens is 403 g/mol. The van der Waals surface area contributed by atoms with Crippen LogP contribution in [0.15, 0.2) is 58.4 Å². The van der Waals surface area contributed by atoms with Crippen LogP contribution in [-0.2, 0) is 4.79 Å². The van der Waals surface area contributed by atoms with Gasteiger partial charge in [0.15, 0.2) is 6.61 Å². The van der Waals surface area contributed by atoms with Gasteiger partial charge in [-0.3, -0.25) is 14.7 Å². The van der Waals surface area contributed by atoms with E-state index in [1.807, 2.05) is 18.2 Å². The Hall–Kier alpha value is -3.03. The smallest absolute Gasteiger partial charge is 0.280 e. The van der Waals surface area contributed by atoms with E-state index in [9.17, 15) is 9.59 Å². The van der Waals surface area contributed by atoms with E-state index in [2.05, 4.69) is 15.6 Å². The molecule has 0 radical (unpaired) electrons. The fourth-order valence-electron chi connectivity index (χ4n) is 2.40. The van der Waals surface area contributed by atoms with Gasteiger partial charge < -0.3 is 4.74 Å². The Kier molecular flexibility index (Phi) is 6.18. The molecule has 0 unspecified atom stereocenters. The molecule has 0 aliphatic rings. The zero-order valence-corrected chi connectivity index (χ0v) is 16.3. The summed E-state index contributed by atoms with van der Waals surface area (Å²) in [6, 6.07) is 13.8. The van der Waals surface area contributed by atoms with Gasteiger partial charge in [0.1, 0.15) is 5.75 Å². The van der Waals surface area contributed by atoms with Crippen LogP contribution in [0.25, 0.3) is 5.69 Å². The fourth-order valence-corrected chi connectivity index (χ4v) is 2.74. The first-order valence-corrected chi connectivity index (χ1v) is 8.98. The molecule has 9 heteroatoms. The van der Waals surface area contributed by atoms with E-state index in [1.165, 1.54) is 17.0 Å². The van der Waals surface area contributed by atoms with Crippen molar-refractivity contribution in [1.82, 2.24) is 15.2 Å². The SMILES string of the molecule is Cc1[nH]n(-c2ccccc2)c(=O)c1/C=N/NC(=O)COc1cc(Cl)ccc1Cl. The van der Waals surface area contributed by atoms with Gasteiger partial charge in [0.05, 0.1) is 22.5 Å². The van der Waals surface area contributed by atoms with Crippen LogP contribution in [-0.4, -0.2) is 28.5 Å². The van der Waals surface area contributed by atoms with E-state index in [0.29, 0.717) is 32.7 Å². The number of aromatic nitrogens is 2. The lowest BCUT2D eigenvalue weighted by Crippen LogP contribution is -2.25. The van der Waals surface area contributed by atoms with E-state index < -0.39 is 5.91 Å². The standard InChI is InChI=1S/C19H16Cl2N4O3/c1-12-15(19(27)25(24-12)14-5-3-2-4-6-14)10-22-23-18(26)11-28-17-9-13(20)7-8-16(17)21/h2-10,24H,11H2,1H3,(H,23,26)/b22-10+. The molecule has 0 aliphatic carbocycles. The Morgan fingerprint density at radius 1 is 1.25 bits per heavy atom. The maximum atomic E-state index is 12.5. The number of amides is 1. The maximum Gasteiger partial charge on any atom is 0.280 e. The number of nitrogens with one attached hydrogen (secondary N) is 2. The van der Waals surface area contributed by atoms with Crippen molar-refractivity contribution in [2.45, 2.75) is 6.92 Å². The second-order valence-corrected chi connectivity index (χ2v) is 6.63. The van der Waals surface area contributed by atoms with Crippen LogP contribution >= 0.6 is 23.2 Å². The highest BCUT2D eigenvalue weighted by Gasteiger charge is 2.11. The number of hydrazone groups is 1. The lowest BCUT2D eigenvalue weighted by atomic mass is 10.3. The monoisotopic (exact) mass is 418 g/mol. The van der Waals surface area contributed by atoms with Crippen LogP contribution in [0.5, 0.6) is 5.75 Å². The van der Waals surface area contributed by atoms with Crippen LogP contribution in [0, 0.1) is 6.92 Å². The predicted octanol–water partition coefficient (Wildman–Crippen LogP) is 3.31. The predicted molar refractivity (Wildman–Crippen MR) is 109 cm³/mol. The molecule has 1 amide bonds. The summed E-state index contributed by atoms with van der Waals surface area (Å²) in [5.41, 5.74) is 3.69. The number of hydrogen-bond acceptors (Lipinski definition) is 4.